The fraction of sp³-hybridized carbons (Fsp3) is 0.200. The van der Waals surface area contributed by atoms with Crippen molar-refractivity contribution in [2.45, 2.75) is 46.5 Å². The van der Waals surface area contributed by atoms with Crippen molar-refractivity contribution in [3.63, 3.8) is 0 Å². The number of pyridine rings is 2. The van der Waals surface area contributed by atoms with Gasteiger partial charge in [0.2, 0.25) is 0 Å². The van der Waals surface area contributed by atoms with Gasteiger partial charge in [0.15, 0.2) is 0 Å². The van der Waals surface area contributed by atoms with E-state index in [1.54, 1.807) is 0 Å². The SMILES string of the molecule is Cc1c[c-]c(-c2cc(C)c(C)cn2)cc1.[Ir].[c-]1ccc2c3c(oc2c1-c1cc2ccccc2cn1)CCCC3. The molecule has 1 aliphatic rings. The maximum atomic E-state index is 6.22. The summed E-state index contributed by atoms with van der Waals surface area (Å²) in [4.78, 5) is 9.05. The van der Waals surface area contributed by atoms with Gasteiger partial charge in [-0.3, -0.25) is 0 Å². The number of fused-ring (bicyclic) bond motifs is 4. The van der Waals surface area contributed by atoms with Gasteiger partial charge in [0, 0.05) is 38.9 Å². The summed E-state index contributed by atoms with van der Waals surface area (Å²) in [6.07, 6.45) is 8.49. The molecule has 0 unspecified atom stereocenters. The van der Waals surface area contributed by atoms with Crippen LogP contribution < -0.4 is 0 Å². The molecule has 1 aliphatic carbocycles. The van der Waals surface area contributed by atoms with Crippen LogP contribution in [0.5, 0.6) is 0 Å². The smallest absolute Gasteiger partial charge is 0.0930 e. The Morgan fingerprint density at radius 1 is 0.769 bits per heavy atom. The quantitative estimate of drug-likeness (QED) is 0.171. The molecule has 0 atom stereocenters. The van der Waals surface area contributed by atoms with Crippen LogP contribution in [0.3, 0.4) is 0 Å². The topological polar surface area (TPSA) is 38.9 Å². The van der Waals surface area contributed by atoms with E-state index in [1.165, 1.54) is 45.9 Å². The average molecular weight is 687 g/mol. The Balaban J connectivity index is 0.000000169. The van der Waals surface area contributed by atoms with Crippen molar-refractivity contribution in [3.05, 3.63) is 119 Å². The number of rotatable bonds is 2. The summed E-state index contributed by atoms with van der Waals surface area (Å²) in [5, 5.41) is 3.59. The van der Waals surface area contributed by atoms with Gasteiger partial charge in [-0.05, 0) is 66.4 Å². The molecule has 3 nitrogen and oxygen atoms in total. The molecule has 0 spiro atoms. The van der Waals surface area contributed by atoms with Crippen molar-refractivity contribution in [1.82, 2.24) is 9.97 Å². The van der Waals surface area contributed by atoms with Gasteiger partial charge in [-0.2, -0.15) is 0 Å². The van der Waals surface area contributed by atoms with Gasteiger partial charge in [0.25, 0.3) is 0 Å². The first-order valence-electron chi connectivity index (χ1n) is 13.3. The third-order valence-corrected chi connectivity index (χ3v) is 7.42. The molecule has 3 heterocycles. The fourth-order valence-electron chi connectivity index (χ4n) is 5.07. The molecule has 3 aromatic carbocycles. The van der Waals surface area contributed by atoms with Crippen molar-refractivity contribution in [2.75, 3.05) is 0 Å². The van der Waals surface area contributed by atoms with Gasteiger partial charge in [0.05, 0.1) is 11.3 Å². The van der Waals surface area contributed by atoms with Gasteiger partial charge >= 0.3 is 0 Å². The number of aryl methyl sites for hydroxylation is 5. The molecule has 1 radical (unpaired) electrons. The maximum Gasteiger partial charge on any atom is 0.0930 e. The molecule has 0 amide bonds. The zero-order valence-corrected chi connectivity index (χ0v) is 24.9. The van der Waals surface area contributed by atoms with Crippen LogP contribution in [0, 0.1) is 32.9 Å². The summed E-state index contributed by atoms with van der Waals surface area (Å²) in [7, 11) is 0. The van der Waals surface area contributed by atoms with Crippen molar-refractivity contribution in [2.24, 2.45) is 0 Å². The van der Waals surface area contributed by atoms with Crippen molar-refractivity contribution < 1.29 is 24.5 Å². The van der Waals surface area contributed by atoms with Gasteiger partial charge in [-0.25, -0.2) is 0 Å². The number of benzene rings is 3. The molecule has 0 saturated heterocycles. The Morgan fingerprint density at radius 2 is 1.56 bits per heavy atom. The van der Waals surface area contributed by atoms with E-state index in [2.05, 4.69) is 91.4 Å². The Labute approximate surface area is 243 Å². The van der Waals surface area contributed by atoms with E-state index >= 15 is 0 Å². The van der Waals surface area contributed by atoms with Gasteiger partial charge < -0.3 is 14.4 Å². The summed E-state index contributed by atoms with van der Waals surface area (Å²) >= 11 is 0. The first kappa shape index (κ1) is 27.0. The molecule has 197 valence electrons. The van der Waals surface area contributed by atoms with Crippen LogP contribution in [-0.2, 0) is 32.9 Å². The largest absolute Gasteiger partial charge is 0.505 e. The van der Waals surface area contributed by atoms with E-state index in [0.29, 0.717) is 0 Å². The van der Waals surface area contributed by atoms with Crippen LogP contribution in [0.2, 0.25) is 0 Å². The van der Waals surface area contributed by atoms with E-state index in [0.717, 1.165) is 52.1 Å². The molecule has 0 N–H and O–H groups in total. The molecule has 0 aliphatic heterocycles. The number of hydrogen-bond donors (Lipinski definition) is 0. The minimum Gasteiger partial charge on any atom is -0.505 e. The summed E-state index contributed by atoms with van der Waals surface area (Å²) < 4.78 is 6.22. The predicted octanol–water partition coefficient (Wildman–Crippen LogP) is 8.80. The fourth-order valence-corrected chi connectivity index (χ4v) is 5.07. The summed E-state index contributed by atoms with van der Waals surface area (Å²) in [6, 6.07) is 29.4. The normalized spacial score (nSPS) is 12.4. The summed E-state index contributed by atoms with van der Waals surface area (Å²) in [5.41, 5.74) is 10.0. The van der Waals surface area contributed by atoms with Gasteiger partial charge in [-0.1, -0.05) is 59.8 Å². The van der Waals surface area contributed by atoms with Crippen LogP contribution in [0.25, 0.3) is 44.3 Å². The van der Waals surface area contributed by atoms with Crippen LogP contribution in [0.1, 0.15) is 40.9 Å². The summed E-state index contributed by atoms with van der Waals surface area (Å²) in [6.45, 7) is 6.24. The zero-order chi connectivity index (χ0) is 26.1. The summed E-state index contributed by atoms with van der Waals surface area (Å²) in [5.74, 6) is 1.16. The van der Waals surface area contributed by atoms with Crippen molar-refractivity contribution in [3.8, 4) is 22.5 Å². The molecular formula is C35H30IrN2O-2. The van der Waals surface area contributed by atoms with Crippen molar-refractivity contribution >= 4 is 21.7 Å². The second kappa shape index (κ2) is 11.7. The number of nitrogens with zero attached hydrogens (tertiary/aromatic N) is 2. The number of hydrogen-bond acceptors (Lipinski definition) is 3. The van der Waals surface area contributed by atoms with Crippen molar-refractivity contribution in [1.29, 1.82) is 0 Å². The molecule has 39 heavy (non-hydrogen) atoms. The van der Waals surface area contributed by atoms with Crippen LogP contribution in [0.4, 0.5) is 0 Å². The third kappa shape index (κ3) is 5.59. The first-order chi connectivity index (χ1) is 18.6. The molecule has 3 aromatic heterocycles. The second-order valence-electron chi connectivity index (χ2n) is 10.2. The Kier molecular flexibility index (Phi) is 8.07. The van der Waals surface area contributed by atoms with Crippen LogP contribution in [-0.4, -0.2) is 9.97 Å². The maximum absolute atomic E-state index is 6.22. The average Bonchev–Trinajstić information content (AvgIpc) is 3.34. The molecule has 0 fully saturated rings. The number of furan rings is 1. The van der Waals surface area contributed by atoms with Gasteiger partial charge in [0.1, 0.15) is 0 Å². The minimum absolute atomic E-state index is 0. The second-order valence-corrected chi connectivity index (χ2v) is 10.2. The monoisotopic (exact) mass is 687 g/mol. The van der Waals surface area contributed by atoms with E-state index in [9.17, 15) is 0 Å². The van der Waals surface area contributed by atoms with E-state index < -0.39 is 0 Å². The van der Waals surface area contributed by atoms with Crippen LogP contribution >= 0.6 is 0 Å². The molecule has 6 aromatic rings. The number of aromatic nitrogens is 2. The molecule has 0 saturated carbocycles. The Bertz CT molecular complexity index is 1750. The van der Waals surface area contributed by atoms with Crippen LogP contribution in [0.15, 0.2) is 83.5 Å². The predicted molar refractivity (Wildman–Crippen MR) is 155 cm³/mol. The minimum atomic E-state index is 0. The first-order valence-corrected chi connectivity index (χ1v) is 13.3. The standard InChI is InChI=1S/C21H16NO.C14H14N.Ir/c1-2-7-15-13-22-19(12-14(15)6-1)18-10-5-9-17-16-8-3-4-11-20(16)23-21(17)18;1-10-4-6-13(7-5-10)14-8-11(2)12(3)9-15-14;/h1-2,5-7,9,12-13H,3-4,8,11H2;4-6,8-9H,1-3H3;/q2*-1;. The molecule has 0 bridgehead atoms. The molecule has 7 rings (SSSR count). The zero-order valence-electron chi connectivity index (χ0n) is 22.5. The molecule has 4 heteroatoms. The van der Waals surface area contributed by atoms with E-state index in [-0.39, 0.29) is 20.1 Å². The Morgan fingerprint density at radius 3 is 2.36 bits per heavy atom. The Hall–Kier alpha value is -3.59. The van der Waals surface area contributed by atoms with Gasteiger partial charge in [-0.15, -0.1) is 53.6 Å². The molecular weight excluding hydrogens is 657 g/mol. The van der Waals surface area contributed by atoms with E-state index in [1.807, 2.05) is 30.6 Å². The van der Waals surface area contributed by atoms with E-state index in [4.69, 9.17) is 4.42 Å². The third-order valence-electron chi connectivity index (χ3n) is 7.42.